The number of ether oxygens (including phenoxy) is 2. The first-order valence-electron chi connectivity index (χ1n) is 11.7. The van der Waals surface area contributed by atoms with Gasteiger partial charge in [0.05, 0.1) is 24.3 Å². The molecular formula is C25H33N3O3. The quantitative estimate of drug-likeness (QED) is 0.751. The predicted molar refractivity (Wildman–Crippen MR) is 121 cm³/mol. The van der Waals surface area contributed by atoms with E-state index < -0.39 is 0 Å². The number of rotatable bonds is 4. The van der Waals surface area contributed by atoms with Gasteiger partial charge in [-0.3, -0.25) is 4.79 Å². The van der Waals surface area contributed by atoms with Crippen molar-refractivity contribution in [1.82, 2.24) is 10.3 Å². The molecule has 0 saturated carbocycles. The summed E-state index contributed by atoms with van der Waals surface area (Å²) in [4.78, 5) is 13.4. The lowest BCUT2D eigenvalue weighted by molar-refractivity contribution is -0.141. The number of carbonyl (C=O) groups excluding carboxylic acids is 1. The van der Waals surface area contributed by atoms with E-state index in [4.69, 9.17) is 14.6 Å². The summed E-state index contributed by atoms with van der Waals surface area (Å²) < 4.78 is 12.2. The van der Waals surface area contributed by atoms with Gasteiger partial charge in [0, 0.05) is 23.5 Å². The molecule has 3 heterocycles. The van der Waals surface area contributed by atoms with Crippen LogP contribution in [0.25, 0.3) is 0 Å². The summed E-state index contributed by atoms with van der Waals surface area (Å²) in [6.45, 7) is 8.71. The Morgan fingerprint density at radius 3 is 2.68 bits per heavy atom. The van der Waals surface area contributed by atoms with E-state index in [1.165, 1.54) is 5.56 Å². The zero-order valence-corrected chi connectivity index (χ0v) is 18.8. The normalized spacial score (nSPS) is 27.4. The number of nitrogens with one attached hydrogen (secondary N) is 1. The van der Waals surface area contributed by atoms with Gasteiger partial charge in [0.15, 0.2) is 11.5 Å². The average Bonchev–Trinajstić information content (AvgIpc) is 3.11. The fourth-order valence-corrected chi connectivity index (χ4v) is 5.51. The molecule has 5 rings (SSSR count). The standard InChI is InChI=1S/C25H33N3O3/c1-4-30-21-10-9-18(20-15-25(2,3)31-23(20)21)22-17-7-5-6-8-19(17)24(29)28(27-22)16-11-13-26-14-12-16/h5-6,9-10,16-17,19,26H,4,7-8,11-15H2,1-3H3/t17-,19+/m1/s1. The fourth-order valence-electron chi connectivity index (χ4n) is 5.51. The second-order valence-electron chi connectivity index (χ2n) is 9.70. The number of allylic oxidation sites excluding steroid dienone is 2. The Balaban J connectivity index is 1.61. The lowest BCUT2D eigenvalue weighted by Gasteiger charge is -2.41. The third-order valence-electron chi connectivity index (χ3n) is 6.98. The first kappa shape index (κ1) is 20.6. The highest BCUT2D eigenvalue weighted by molar-refractivity contribution is 6.08. The summed E-state index contributed by atoms with van der Waals surface area (Å²) in [7, 11) is 0. The van der Waals surface area contributed by atoms with Crippen LogP contribution in [-0.4, -0.2) is 48.0 Å². The number of hydrogen-bond donors (Lipinski definition) is 1. The molecule has 166 valence electrons. The summed E-state index contributed by atoms with van der Waals surface area (Å²) >= 11 is 0. The van der Waals surface area contributed by atoms with Gasteiger partial charge >= 0.3 is 0 Å². The molecule has 1 amide bonds. The maximum Gasteiger partial charge on any atom is 0.247 e. The van der Waals surface area contributed by atoms with Crippen LogP contribution < -0.4 is 14.8 Å². The molecule has 6 heteroatoms. The minimum absolute atomic E-state index is 0.0232. The maximum absolute atomic E-state index is 13.4. The Kier molecular flexibility index (Phi) is 5.29. The Hall–Kier alpha value is -2.34. The molecule has 6 nitrogen and oxygen atoms in total. The van der Waals surface area contributed by atoms with Gasteiger partial charge < -0.3 is 14.8 Å². The van der Waals surface area contributed by atoms with Crippen LogP contribution in [0.5, 0.6) is 11.5 Å². The van der Waals surface area contributed by atoms with Crippen molar-refractivity contribution in [3.8, 4) is 11.5 Å². The van der Waals surface area contributed by atoms with Gasteiger partial charge in [0.2, 0.25) is 5.91 Å². The van der Waals surface area contributed by atoms with Crippen LogP contribution in [0.1, 0.15) is 57.6 Å². The molecule has 1 aromatic carbocycles. The molecule has 31 heavy (non-hydrogen) atoms. The number of fused-ring (bicyclic) bond motifs is 2. The molecular weight excluding hydrogens is 390 g/mol. The van der Waals surface area contributed by atoms with Crippen LogP contribution >= 0.6 is 0 Å². The number of piperidine rings is 1. The topological polar surface area (TPSA) is 63.2 Å². The van der Waals surface area contributed by atoms with Crippen molar-refractivity contribution in [2.75, 3.05) is 19.7 Å². The van der Waals surface area contributed by atoms with Crippen LogP contribution in [0.15, 0.2) is 29.4 Å². The van der Waals surface area contributed by atoms with E-state index in [-0.39, 0.29) is 29.4 Å². The van der Waals surface area contributed by atoms with Gasteiger partial charge in [0.1, 0.15) is 5.60 Å². The smallest absolute Gasteiger partial charge is 0.247 e. The molecule has 3 aliphatic heterocycles. The summed E-state index contributed by atoms with van der Waals surface area (Å²) in [6.07, 6.45) is 8.75. The van der Waals surface area contributed by atoms with Crippen molar-refractivity contribution in [3.05, 3.63) is 35.4 Å². The highest BCUT2D eigenvalue weighted by atomic mass is 16.5. The number of benzene rings is 1. The largest absolute Gasteiger partial charge is 0.490 e. The van der Waals surface area contributed by atoms with Crippen LogP contribution in [0, 0.1) is 11.8 Å². The summed E-state index contributed by atoms with van der Waals surface area (Å²) in [6, 6.07) is 4.33. The summed E-state index contributed by atoms with van der Waals surface area (Å²) in [5.74, 6) is 1.95. The number of amides is 1. The number of hydrogen-bond acceptors (Lipinski definition) is 5. The van der Waals surface area contributed by atoms with Crippen molar-refractivity contribution in [1.29, 1.82) is 0 Å². The highest BCUT2D eigenvalue weighted by Gasteiger charge is 2.44. The first-order chi connectivity index (χ1) is 15.0. The zero-order valence-electron chi connectivity index (χ0n) is 18.8. The lowest BCUT2D eigenvalue weighted by atomic mass is 9.75. The molecule has 0 unspecified atom stereocenters. The molecule has 0 radical (unpaired) electrons. The van der Waals surface area contributed by atoms with Gasteiger partial charge in [-0.05, 0) is 71.7 Å². The molecule has 2 atom stereocenters. The van der Waals surface area contributed by atoms with Crippen molar-refractivity contribution < 1.29 is 14.3 Å². The van der Waals surface area contributed by atoms with E-state index in [0.717, 1.165) is 68.0 Å². The number of nitrogens with zero attached hydrogens (tertiary/aromatic N) is 2. The van der Waals surface area contributed by atoms with E-state index in [1.807, 2.05) is 18.0 Å². The second-order valence-corrected chi connectivity index (χ2v) is 9.70. The second kappa shape index (κ2) is 7.97. The zero-order chi connectivity index (χ0) is 21.6. The highest BCUT2D eigenvalue weighted by Crippen LogP contribution is 2.46. The molecule has 4 aliphatic rings. The van der Waals surface area contributed by atoms with E-state index in [2.05, 4.69) is 37.4 Å². The Morgan fingerprint density at radius 2 is 1.94 bits per heavy atom. The molecule has 1 N–H and O–H groups in total. The first-order valence-corrected chi connectivity index (χ1v) is 11.7. The Morgan fingerprint density at radius 1 is 1.19 bits per heavy atom. The molecule has 0 bridgehead atoms. The van der Waals surface area contributed by atoms with Gasteiger partial charge in [-0.15, -0.1) is 0 Å². The van der Waals surface area contributed by atoms with Crippen LogP contribution in [0.3, 0.4) is 0 Å². The predicted octanol–water partition coefficient (Wildman–Crippen LogP) is 3.68. The Labute approximate surface area is 184 Å². The minimum atomic E-state index is -0.282. The van der Waals surface area contributed by atoms with E-state index in [0.29, 0.717) is 6.61 Å². The molecule has 1 aromatic rings. The van der Waals surface area contributed by atoms with E-state index in [1.54, 1.807) is 0 Å². The van der Waals surface area contributed by atoms with Gasteiger partial charge in [-0.25, -0.2) is 5.01 Å². The molecule has 0 aromatic heterocycles. The van der Waals surface area contributed by atoms with E-state index >= 15 is 0 Å². The monoisotopic (exact) mass is 423 g/mol. The lowest BCUT2D eigenvalue weighted by Crippen LogP contribution is -2.51. The van der Waals surface area contributed by atoms with E-state index in [9.17, 15) is 4.79 Å². The van der Waals surface area contributed by atoms with Crippen LogP contribution in [0.2, 0.25) is 0 Å². The minimum Gasteiger partial charge on any atom is -0.490 e. The van der Waals surface area contributed by atoms with Gasteiger partial charge in [-0.2, -0.15) is 5.10 Å². The SMILES string of the molecule is CCOc1ccc(C2=NN(C3CCNCC3)C(=O)[C@H]3CC=CC[C@@H]23)c2c1OC(C)(C)C2. The van der Waals surface area contributed by atoms with Gasteiger partial charge in [-0.1, -0.05) is 12.2 Å². The van der Waals surface area contributed by atoms with Crippen molar-refractivity contribution in [2.24, 2.45) is 16.9 Å². The molecule has 0 spiro atoms. The van der Waals surface area contributed by atoms with Crippen LogP contribution in [0.4, 0.5) is 0 Å². The summed E-state index contributed by atoms with van der Waals surface area (Å²) in [5.41, 5.74) is 3.06. The van der Waals surface area contributed by atoms with Crippen molar-refractivity contribution >= 4 is 11.6 Å². The molecule has 1 aliphatic carbocycles. The fraction of sp³-hybridized carbons (Fsp3) is 0.600. The molecule has 1 saturated heterocycles. The Bertz CT molecular complexity index is 930. The van der Waals surface area contributed by atoms with Gasteiger partial charge in [0.25, 0.3) is 0 Å². The molecule has 1 fully saturated rings. The number of carbonyl (C=O) groups is 1. The van der Waals surface area contributed by atoms with Crippen LogP contribution in [-0.2, 0) is 11.2 Å². The average molecular weight is 424 g/mol. The third-order valence-corrected chi connectivity index (χ3v) is 6.98. The van der Waals surface area contributed by atoms with Crippen molar-refractivity contribution in [3.63, 3.8) is 0 Å². The third kappa shape index (κ3) is 3.65. The van der Waals surface area contributed by atoms with Crippen molar-refractivity contribution in [2.45, 2.75) is 64.5 Å². The maximum atomic E-state index is 13.4. The summed E-state index contributed by atoms with van der Waals surface area (Å²) in [5, 5.41) is 10.3. The number of hydrazone groups is 1.